The third-order valence-corrected chi connectivity index (χ3v) is 5.60. The predicted molar refractivity (Wildman–Crippen MR) is 104 cm³/mol. The first kappa shape index (κ1) is 20.1. The fourth-order valence-corrected chi connectivity index (χ4v) is 4.07. The summed E-state index contributed by atoms with van der Waals surface area (Å²) < 4.78 is 5.17. The smallest absolute Gasteiger partial charge is 0.338 e. The molecule has 0 N–H and O–H groups in total. The monoisotopic (exact) mass is 389 g/mol. The van der Waals surface area contributed by atoms with Crippen molar-refractivity contribution in [3.8, 4) is 0 Å². The zero-order chi connectivity index (χ0) is 20.1. The summed E-state index contributed by atoms with van der Waals surface area (Å²) in [5.74, 6) is -0.919. The zero-order valence-corrected chi connectivity index (χ0v) is 16.3. The normalized spacial score (nSPS) is 19.5. The second-order valence-corrected chi connectivity index (χ2v) is 7.38. The number of hydrogen-bond donors (Lipinski definition) is 0. The number of likely N-dealkylation sites (tertiary alicyclic amines) is 1. The van der Waals surface area contributed by atoms with Gasteiger partial charge >= 0.3 is 5.97 Å². The minimum Gasteiger partial charge on any atom is -0.452 e. The van der Waals surface area contributed by atoms with Crippen LogP contribution in [0.25, 0.3) is 0 Å². The SMILES string of the molecule is CCC1CCCCN1C(=O)COC(=O)c1ccc(N2CCCC2)c([N+](=O)[O-])c1. The molecule has 0 aromatic heterocycles. The Kier molecular flexibility index (Phi) is 6.49. The van der Waals surface area contributed by atoms with Crippen LogP contribution in [0.15, 0.2) is 18.2 Å². The first-order chi connectivity index (χ1) is 13.5. The number of ether oxygens (including phenoxy) is 1. The van der Waals surface area contributed by atoms with Gasteiger partial charge in [0, 0.05) is 31.7 Å². The van der Waals surface area contributed by atoms with Gasteiger partial charge in [0.05, 0.1) is 10.5 Å². The van der Waals surface area contributed by atoms with Crippen molar-refractivity contribution in [1.29, 1.82) is 0 Å². The van der Waals surface area contributed by atoms with Crippen LogP contribution >= 0.6 is 0 Å². The number of piperidine rings is 1. The molecule has 1 amide bonds. The van der Waals surface area contributed by atoms with Crippen molar-refractivity contribution in [3.05, 3.63) is 33.9 Å². The summed E-state index contributed by atoms with van der Waals surface area (Å²) in [4.78, 5) is 39.5. The van der Waals surface area contributed by atoms with E-state index >= 15 is 0 Å². The lowest BCUT2D eigenvalue weighted by atomic mass is 10.00. The van der Waals surface area contributed by atoms with Gasteiger partial charge in [-0.25, -0.2) is 4.79 Å². The summed E-state index contributed by atoms with van der Waals surface area (Å²) in [7, 11) is 0. The van der Waals surface area contributed by atoms with Gasteiger partial charge in [0.1, 0.15) is 5.69 Å². The van der Waals surface area contributed by atoms with Crippen LogP contribution in [0.2, 0.25) is 0 Å². The molecule has 1 atom stereocenters. The largest absolute Gasteiger partial charge is 0.452 e. The fourth-order valence-electron chi connectivity index (χ4n) is 4.07. The summed E-state index contributed by atoms with van der Waals surface area (Å²) >= 11 is 0. The maximum atomic E-state index is 12.4. The Labute approximate surface area is 164 Å². The highest BCUT2D eigenvalue weighted by molar-refractivity contribution is 5.93. The van der Waals surface area contributed by atoms with Gasteiger partial charge in [-0.3, -0.25) is 14.9 Å². The van der Waals surface area contributed by atoms with Crippen molar-refractivity contribution in [2.45, 2.75) is 51.5 Å². The Bertz CT molecular complexity index is 745. The molecule has 152 valence electrons. The topological polar surface area (TPSA) is 93.0 Å². The van der Waals surface area contributed by atoms with Crippen LogP contribution in [0.1, 0.15) is 55.8 Å². The Hall–Kier alpha value is -2.64. The van der Waals surface area contributed by atoms with Crippen molar-refractivity contribution >= 4 is 23.3 Å². The molecule has 8 nitrogen and oxygen atoms in total. The first-order valence-corrected chi connectivity index (χ1v) is 10.0. The standard InChI is InChI=1S/C20H27N3O5/c1-2-16-7-3-4-12-22(16)19(24)14-28-20(25)15-8-9-17(18(13-15)23(26)27)21-10-5-6-11-21/h8-9,13,16H,2-7,10-12,14H2,1H3. The molecule has 2 aliphatic heterocycles. The van der Waals surface area contributed by atoms with E-state index in [-0.39, 0.29) is 29.8 Å². The average Bonchev–Trinajstić information content (AvgIpc) is 3.25. The molecule has 0 saturated carbocycles. The Balaban J connectivity index is 1.66. The number of nitro benzene ring substituents is 1. The molecule has 0 aliphatic carbocycles. The van der Waals surface area contributed by atoms with Crippen molar-refractivity contribution in [3.63, 3.8) is 0 Å². The molecule has 0 spiro atoms. The lowest BCUT2D eigenvalue weighted by Gasteiger charge is -2.35. The number of anilines is 1. The second kappa shape index (κ2) is 9.03. The Morgan fingerprint density at radius 3 is 2.57 bits per heavy atom. The fraction of sp³-hybridized carbons (Fsp3) is 0.600. The van der Waals surface area contributed by atoms with E-state index in [1.807, 2.05) is 11.8 Å². The van der Waals surface area contributed by atoms with E-state index in [2.05, 4.69) is 0 Å². The Morgan fingerprint density at radius 1 is 1.18 bits per heavy atom. The highest BCUT2D eigenvalue weighted by atomic mass is 16.6. The second-order valence-electron chi connectivity index (χ2n) is 7.38. The van der Waals surface area contributed by atoms with E-state index in [4.69, 9.17) is 4.74 Å². The maximum Gasteiger partial charge on any atom is 0.338 e. The number of rotatable bonds is 6. The Morgan fingerprint density at radius 2 is 1.89 bits per heavy atom. The van der Waals surface area contributed by atoms with Gasteiger partial charge < -0.3 is 14.5 Å². The minimum atomic E-state index is -0.713. The molecule has 3 rings (SSSR count). The molecule has 1 aromatic rings. The molecular formula is C20H27N3O5. The van der Waals surface area contributed by atoms with Gasteiger partial charge in [-0.2, -0.15) is 0 Å². The van der Waals surface area contributed by atoms with Crippen LogP contribution in [-0.4, -0.2) is 54.0 Å². The molecule has 28 heavy (non-hydrogen) atoms. The van der Waals surface area contributed by atoms with Crippen LogP contribution < -0.4 is 4.90 Å². The molecule has 2 heterocycles. The number of amides is 1. The molecule has 1 unspecified atom stereocenters. The number of hydrogen-bond acceptors (Lipinski definition) is 6. The molecule has 0 radical (unpaired) electrons. The quantitative estimate of drug-likeness (QED) is 0.422. The van der Waals surface area contributed by atoms with Crippen molar-refractivity contribution in [2.24, 2.45) is 0 Å². The van der Waals surface area contributed by atoms with Crippen LogP contribution in [-0.2, 0) is 9.53 Å². The molecular weight excluding hydrogens is 362 g/mol. The van der Waals surface area contributed by atoms with E-state index < -0.39 is 10.9 Å². The predicted octanol–water partition coefficient (Wildman–Crippen LogP) is 3.14. The van der Waals surface area contributed by atoms with E-state index in [1.165, 1.54) is 12.1 Å². The molecule has 2 saturated heterocycles. The third kappa shape index (κ3) is 4.43. The van der Waals surface area contributed by atoms with E-state index in [0.29, 0.717) is 12.2 Å². The molecule has 0 bridgehead atoms. The van der Waals surface area contributed by atoms with Gasteiger partial charge in [0.15, 0.2) is 6.61 Å². The number of benzene rings is 1. The summed E-state index contributed by atoms with van der Waals surface area (Å²) in [6, 6.07) is 4.57. The minimum absolute atomic E-state index is 0.0909. The van der Waals surface area contributed by atoms with Crippen LogP contribution in [0.5, 0.6) is 0 Å². The summed E-state index contributed by atoms with van der Waals surface area (Å²) in [5.41, 5.74) is 0.507. The molecule has 8 heteroatoms. The summed E-state index contributed by atoms with van der Waals surface area (Å²) in [6.45, 7) is 3.94. The lowest BCUT2D eigenvalue weighted by Crippen LogP contribution is -2.45. The molecule has 2 fully saturated rings. The van der Waals surface area contributed by atoms with Crippen LogP contribution in [0.3, 0.4) is 0 Å². The summed E-state index contributed by atoms with van der Waals surface area (Å²) in [5, 5.41) is 11.5. The molecule has 1 aromatic carbocycles. The van der Waals surface area contributed by atoms with Gasteiger partial charge in [-0.1, -0.05) is 6.92 Å². The van der Waals surface area contributed by atoms with Crippen LogP contribution in [0.4, 0.5) is 11.4 Å². The van der Waals surface area contributed by atoms with Crippen molar-refractivity contribution < 1.29 is 19.2 Å². The number of carbonyl (C=O) groups excluding carboxylic acids is 2. The van der Waals surface area contributed by atoms with Gasteiger partial charge in [-0.15, -0.1) is 0 Å². The average molecular weight is 389 g/mol. The highest BCUT2D eigenvalue weighted by Gasteiger charge is 2.27. The molecule has 2 aliphatic rings. The van der Waals surface area contributed by atoms with Crippen molar-refractivity contribution in [1.82, 2.24) is 4.90 Å². The number of esters is 1. The van der Waals surface area contributed by atoms with E-state index in [9.17, 15) is 19.7 Å². The highest BCUT2D eigenvalue weighted by Crippen LogP contribution is 2.31. The van der Waals surface area contributed by atoms with Gasteiger partial charge in [0.25, 0.3) is 11.6 Å². The van der Waals surface area contributed by atoms with Gasteiger partial charge in [-0.05, 0) is 50.7 Å². The third-order valence-electron chi connectivity index (χ3n) is 5.60. The van der Waals surface area contributed by atoms with Crippen LogP contribution in [0, 0.1) is 10.1 Å². The first-order valence-electron chi connectivity index (χ1n) is 10.0. The van der Waals surface area contributed by atoms with E-state index in [0.717, 1.165) is 51.6 Å². The number of nitro groups is 1. The zero-order valence-electron chi connectivity index (χ0n) is 16.3. The van der Waals surface area contributed by atoms with Gasteiger partial charge in [0.2, 0.25) is 0 Å². The van der Waals surface area contributed by atoms with Crippen molar-refractivity contribution in [2.75, 3.05) is 31.1 Å². The number of carbonyl (C=O) groups is 2. The lowest BCUT2D eigenvalue weighted by molar-refractivity contribution is -0.384. The van der Waals surface area contributed by atoms with E-state index in [1.54, 1.807) is 11.0 Å². The summed E-state index contributed by atoms with van der Waals surface area (Å²) in [6.07, 6.45) is 5.91. The maximum absolute atomic E-state index is 12.4. The number of nitrogens with zero attached hydrogens (tertiary/aromatic N) is 3.